The monoisotopic (exact) mass is 432 g/mol. The van der Waals surface area contributed by atoms with Crippen LogP contribution in [-0.4, -0.2) is 38.8 Å². The van der Waals surface area contributed by atoms with E-state index in [0.717, 1.165) is 47.5 Å². The Bertz CT molecular complexity index is 764. The van der Waals surface area contributed by atoms with Crippen molar-refractivity contribution < 1.29 is 14.3 Å². The summed E-state index contributed by atoms with van der Waals surface area (Å²) in [6.45, 7) is 7.89. The van der Waals surface area contributed by atoms with E-state index >= 15 is 0 Å². The molecule has 1 saturated heterocycles. The number of amides is 1. The molecule has 0 atom stereocenters. The van der Waals surface area contributed by atoms with Gasteiger partial charge >= 0.3 is 0 Å². The SMILES string of the molecule is Cc1cc(OCC(=O)NCc2ccc(N3CCOCC3)cc2)cc(C)c1Br. The summed E-state index contributed by atoms with van der Waals surface area (Å²) in [4.78, 5) is 14.4. The van der Waals surface area contributed by atoms with Crippen LogP contribution in [-0.2, 0) is 16.1 Å². The van der Waals surface area contributed by atoms with Crippen molar-refractivity contribution in [1.29, 1.82) is 0 Å². The molecular formula is C21H25BrN2O3. The third-order valence-corrected chi connectivity index (χ3v) is 5.83. The van der Waals surface area contributed by atoms with Crippen LogP contribution in [0.4, 0.5) is 5.69 Å². The summed E-state index contributed by atoms with van der Waals surface area (Å²) in [6.07, 6.45) is 0. The van der Waals surface area contributed by atoms with E-state index in [1.165, 1.54) is 5.69 Å². The van der Waals surface area contributed by atoms with E-state index in [9.17, 15) is 4.79 Å². The van der Waals surface area contributed by atoms with Gasteiger partial charge in [-0.2, -0.15) is 0 Å². The molecule has 1 heterocycles. The molecule has 0 spiro atoms. The average molecular weight is 433 g/mol. The molecule has 1 N–H and O–H groups in total. The van der Waals surface area contributed by atoms with Crippen LogP contribution in [0.3, 0.4) is 0 Å². The van der Waals surface area contributed by atoms with Crippen LogP contribution in [0.15, 0.2) is 40.9 Å². The highest BCUT2D eigenvalue weighted by molar-refractivity contribution is 9.10. The number of ether oxygens (including phenoxy) is 2. The van der Waals surface area contributed by atoms with E-state index in [0.29, 0.717) is 12.3 Å². The number of aryl methyl sites for hydroxylation is 2. The van der Waals surface area contributed by atoms with Gasteiger partial charge < -0.3 is 19.7 Å². The number of benzene rings is 2. The lowest BCUT2D eigenvalue weighted by Gasteiger charge is -2.28. The Morgan fingerprint density at radius 2 is 1.78 bits per heavy atom. The number of nitrogens with zero attached hydrogens (tertiary/aromatic N) is 1. The number of nitrogens with one attached hydrogen (secondary N) is 1. The fourth-order valence-electron chi connectivity index (χ4n) is 3.04. The molecule has 1 fully saturated rings. The highest BCUT2D eigenvalue weighted by Crippen LogP contribution is 2.26. The van der Waals surface area contributed by atoms with Crippen molar-refractivity contribution in [1.82, 2.24) is 5.32 Å². The molecule has 6 heteroatoms. The number of rotatable bonds is 6. The van der Waals surface area contributed by atoms with Gasteiger partial charge in [0.05, 0.1) is 13.2 Å². The fraction of sp³-hybridized carbons (Fsp3) is 0.381. The summed E-state index contributed by atoms with van der Waals surface area (Å²) in [6, 6.07) is 12.1. The number of anilines is 1. The maximum Gasteiger partial charge on any atom is 0.258 e. The van der Waals surface area contributed by atoms with Crippen LogP contribution >= 0.6 is 15.9 Å². The normalized spacial score (nSPS) is 14.1. The molecule has 0 aromatic heterocycles. The molecule has 2 aromatic carbocycles. The number of hydrogen-bond acceptors (Lipinski definition) is 4. The Hall–Kier alpha value is -2.05. The minimum Gasteiger partial charge on any atom is -0.484 e. The van der Waals surface area contributed by atoms with E-state index in [1.54, 1.807) is 0 Å². The molecule has 1 amide bonds. The van der Waals surface area contributed by atoms with Crippen molar-refractivity contribution >= 4 is 27.5 Å². The van der Waals surface area contributed by atoms with Gasteiger partial charge in [0.25, 0.3) is 5.91 Å². The second-order valence-electron chi connectivity index (χ2n) is 6.70. The number of hydrogen-bond donors (Lipinski definition) is 1. The van der Waals surface area contributed by atoms with Crippen molar-refractivity contribution in [3.63, 3.8) is 0 Å². The molecular weight excluding hydrogens is 408 g/mol. The van der Waals surface area contributed by atoms with E-state index in [1.807, 2.05) is 38.1 Å². The Kier molecular flexibility index (Phi) is 6.74. The molecule has 27 heavy (non-hydrogen) atoms. The van der Waals surface area contributed by atoms with Gasteiger partial charge in [-0.05, 0) is 54.8 Å². The summed E-state index contributed by atoms with van der Waals surface area (Å²) in [7, 11) is 0. The van der Waals surface area contributed by atoms with Gasteiger partial charge in [0, 0.05) is 29.8 Å². The molecule has 0 aliphatic carbocycles. The van der Waals surface area contributed by atoms with Crippen LogP contribution in [0.25, 0.3) is 0 Å². The fourth-order valence-corrected chi connectivity index (χ4v) is 3.27. The Labute approximate surface area is 168 Å². The molecule has 0 unspecified atom stereocenters. The molecule has 1 aliphatic heterocycles. The van der Waals surface area contributed by atoms with Gasteiger partial charge in [0.15, 0.2) is 6.61 Å². The predicted octanol–water partition coefficient (Wildman–Crippen LogP) is 3.60. The van der Waals surface area contributed by atoms with Crippen LogP contribution in [0.5, 0.6) is 5.75 Å². The molecule has 3 rings (SSSR count). The third-order valence-electron chi connectivity index (χ3n) is 4.58. The number of carbonyl (C=O) groups excluding carboxylic acids is 1. The first-order valence-electron chi connectivity index (χ1n) is 9.11. The second kappa shape index (κ2) is 9.24. The number of morpholine rings is 1. The smallest absolute Gasteiger partial charge is 0.258 e. The number of carbonyl (C=O) groups is 1. The zero-order chi connectivity index (χ0) is 19.2. The first kappa shape index (κ1) is 19.7. The highest BCUT2D eigenvalue weighted by atomic mass is 79.9. The lowest BCUT2D eigenvalue weighted by atomic mass is 10.1. The molecule has 0 bridgehead atoms. The van der Waals surface area contributed by atoms with Crippen molar-refractivity contribution in [2.45, 2.75) is 20.4 Å². The molecule has 2 aromatic rings. The van der Waals surface area contributed by atoms with Crippen LogP contribution in [0.1, 0.15) is 16.7 Å². The maximum atomic E-state index is 12.1. The first-order chi connectivity index (χ1) is 13.0. The van der Waals surface area contributed by atoms with Crippen molar-refractivity contribution in [2.24, 2.45) is 0 Å². The van der Waals surface area contributed by atoms with E-state index < -0.39 is 0 Å². The quantitative estimate of drug-likeness (QED) is 0.757. The first-order valence-corrected chi connectivity index (χ1v) is 9.90. The molecule has 144 valence electrons. The highest BCUT2D eigenvalue weighted by Gasteiger charge is 2.11. The van der Waals surface area contributed by atoms with Crippen molar-refractivity contribution in [2.75, 3.05) is 37.8 Å². The largest absolute Gasteiger partial charge is 0.484 e. The minimum absolute atomic E-state index is 0.00632. The van der Waals surface area contributed by atoms with Crippen molar-refractivity contribution in [3.8, 4) is 5.75 Å². The Morgan fingerprint density at radius 3 is 2.41 bits per heavy atom. The summed E-state index contributed by atoms with van der Waals surface area (Å²) in [5.41, 5.74) is 4.44. The Morgan fingerprint density at radius 1 is 1.15 bits per heavy atom. The summed E-state index contributed by atoms with van der Waals surface area (Å²) in [5, 5.41) is 2.90. The van der Waals surface area contributed by atoms with Crippen LogP contribution in [0, 0.1) is 13.8 Å². The molecule has 0 radical (unpaired) electrons. The topological polar surface area (TPSA) is 50.8 Å². The average Bonchev–Trinajstić information content (AvgIpc) is 2.70. The van der Waals surface area contributed by atoms with Crippen molar-refractivity contribution in [3.05, 3.63) is 57.6 Å². The summed E-state index contributed by atoms with van der Waals surface area (Å²) < 4.78 is 12.1. The predicted molar refractivity (Wildman–Crippen MR) is 110 cm³/mol. The van der Waals surface area contributed by atoms with Gasteiger partial charge in [-0.1, -0.05) is 28.1 Å². The van der Waals surface area contributed by atoms with Crippen LogP contribution in [0.2, 0.25) is 0 Å². The van der Waals surface area contributed by atoms with Gasteiger partial charge in [-0.15, -0.1) is 0 Å². The van der Waals surface area contributed by atoms with E-state index in [4.69, 9.17) is 9.47 Å². The van der Waals surface area contributed by atoms with Gasteiger partial charge in [0.1, 0.15) is 5.75 Å². The summed E-state index contributed by atoms with van der Waals surface area (Å²) in [5.74, 6) is 0.573. The standard InChI is InChI=1S/C21H25BrN2O3/c1-15-11-19(12-16(2)21(15)22)27-14-20(25)23-13-17-3-5-18(6-4-17)24-7-9-26-10-8-24/h3-6,11-12H,7-10,13-14H2,1-2H3,(H,23,25). The maximum absolute atomic E-state index is 12.1. The lowest BCUT2D eigenvalue weighted by Crippen LogP contribution is -2.36. The lowest BCUT2D eigenvalue weighted by molar-refractivity contribution is -0.123. The van der Waals surface area contributed by atoms with Crippen LogP contribution < -0.4 is 15.0 Å². The van der Waals surface area contributed by atoms with Gasteiger partial charge in [-0.3, -0.25) is 4.79 Å². The third kappa shape index (κ3) is 5.47. The molecule has 5 nitrogen and oxygen atoms in total. The van der Waals surface area contributed by atoms with E-state index in [2.05, 4.69) is 38.3 Å². The molecule has 1 aliphatic rings. The Balaban J connectivity index is 1.46. The minimum atomic E-state index is -0.134. The zero-order valence-electron chi connectivity index (χ0n) is 15.8. The van der Waals surface area contributed by atoms with Gasteiger partial charge in [-0.25, -0.2) is 0 Å². The second-order valence-corrected chi connectivity index (χ2v) is 7.50. The van der Waals surface area contributed by atoms with E-state index in [-0.39, 0.29) is 12.5 Å². The molecule has 0 saturated carbocycles. The number of halogens is 1. The zero-order valence-corrected chi connectivity index (χ0v) is 17.3. The summed E-state index contributed by atoms with van der Waals surface area (Å²) >= 11 is 3.53. The van der Waals surface area contributed by atoms with Gasteiger partial charge in [0.2, 0.25) is 0 Å².